The van der Waals surface area contributed by atoms with E-state index in [9.17, 15) is 15.0 Å². The average Bonchev–Trinajstić information content (AvgIpc) is 3.20. The molecule has 1 amide bonds. The van der Waals surface area contributed by atoms with E-state index in [1.807, 2.05) is 17.0 Å². The summed E-state index contributed by atoms with van der Waals surface area (Å²) in [7, 11) is 0. The molecule has 0 aliphatic carbocycles. The van der Waals surface area contributed by atoms with Crippen LogP contribution < -0.4 is 0 Å². The van der Waals surface area contributed by atoms with Gasteiger partial charge in [0.1, 0.15) is 6.10 Å². The van der Waals surface area contributed by atoms with Crippen molar-refractivity contribution in [1.29, 1.82) is 0 Å². The first-order valence-electron chi connectivity index (χ1n) is 10.2. The van der Waals surface area contributed by atoms with Gasteiger partial charge in [-0.1, -0.05) is 12.1 Å². The molecule has 0 unspecified atom stereocenters. The van der Waals surface area contributed by atoms with E-state index in [0.29, 0.717) is 44.5 Å². The summed E-state index contributed by atoms with van der Waals surface area (Å²) in [5.74, 6) is 0.0309. The fraction of sp³-hybridized carbons (Fsp3) is 0.667. The van der Waals surface area contributed by atoms with Crippen LogP contribution in [0.3, 0.4) is 0 Å². The minimum absolute atomic E-state index is 0.0309. The minimum atomic E-state index is -0.867. The topological polar surface area (TPSA) is 73.2 Å². The molecule has 4 rings (SSSR count). The maximum atomic E-state index is 12.8. The Balaban J connectivity index is 1.35. The maximum absolute atomic E-state index is 12.8. The number of aliphatic hydroxyl groups excluding tert-OH is 2. The lowest BCUT2D eigenvalue weighted by Crippen LogP contribution is -2.60. The van der Waals surface area contributed by atoms with Crippen molar-refractivity contribution in [3.8, 4) is 0 Å². The van der Waals surface area contributed by atoms with Gasteiger partial charge in [0.2, 0.25) is 0 Å². The van der Waals surface area contributed by atoms with Gasteiger partial charge < -0.3 is 19.8 Å². The Morgan fingerprint density at radius 1 is 1.07 bits per heavy atom. The number of carbonyl (C=O) groups is 1. The molecule has 0 bridgehead atoms. The number of carbonyl (C=O) groups excluding carboxylic acids is 1. The van der Waals surface area contributed by atoms with Crippen LogP contribution in [0, 0.1) is 0 Å². The van der Waals surface area contributed by atoms with E-state index in [1.54, 1.807) is 0 Å². The Morgan fingerprint density at radius 3 is 2.41 bits per heavy atom. The minimum Gasteiger partial charge on any atom is -0.390 e. The lowest BCUT2D eigenvalue weighted by atomic mass is 9.80. The summed E-state index contributed by atoms with van der Waals surface area (Å²) in [5, 5.41) is 20.3. The molecule has 1 spiro atoms. The molecule has 3 aliphatic heterocycles. The van der Waals surface area contributed by atoms with Crippen LogP contribution >= 0.6 is 0 Å². The van der Waals surface area contributed by atoms with Crippen LogP contribution in [0.15, 0.2) is 24.3 Å². The van der Waals surface area contributed by atoms with Crippen LogP contribution in [0.25, 0.3) is 0 Å². The zero-order valence-corrected chi connectivity index (χ0v) is 15.8. The molecule has 3 heterocycles. The molecule has 3 aliphatic rings. The van der Waals surface area contributed by atoms with Gasteiger partial charge in [-0.05, 0) is 62.9 Å². The third-order valence-corrected chi connectivity index (χ3v) is 6.41. The van der Waals surface area contributed by atoms with E-state index >= 15 is 0 Å². The largest absolute Gasteiger partial charge is 0.390 e. The van der Waals surface area contributed by atoms with Gasteiger partial charge in [-0.3, -0.25) is 9.69 Å². The van der Waals surface area contributed by atoms with Gasteiger partial charge in [-0.25, -0.2) is 0 Å². The average molecular weight is 374 g/mol. The Hall–Kier alpha value is -1.47. The first kappa shape index (κ1) is 18.9. The van der Waals surface area contributed by atoms with Crippen LogP contribution in [-0.2, 0) is 11.3 Å². The summed E-state index contributed by atoms with van der Waals surface area (Å²) in [6, 6.07) is 7.96. The predicted octanol–water partition coefficient (Wildman–Crippen LogP) is 1.40. The van der Waals surface area contributed by atoms with E-state index in [4.69, 9.17) is 4.74 Å². The fourth-order valence-electron chi connectivity index (χ4n) is 4.64. The van der Waals surface area contributed by atoms with Crippen molar-refractivity contribution < 1.29 is 19.7 Å². The number of nitrogens with zero attached hydrogens (tertiary/aromatic N) is 2. The van der Waals surface area contributed by atoms with Crippen molar-refractivity contribution >= 4 is 5.91 Å². The smallest absolute Gasteiger partial charge is 0.253 e. The third kappa shape index (κ3) is 3.90. The molecule has 6 nitrogen and oxygen atoms in total. The van der Waals surface area contributed by atoms with Crippen LogP contribution in [-0.4, -0.2) is 76.5 Å². The van der Waals surface area contributed by atoms with E-state index < -0.39 is 17.8 Å². The van der Waals surface area contributed by atoms with Crippen molar-refractivity contribution in [3.63, 3.8) is 0 Å². The Morgan fingerprint density at radius 2 is 1.74 bits per heavy atom. The van der Waals surface area contributed by atoms with E-state index in [2.05, 4.69) is 17.0 Å². The summed E-state index contributed by atoms with van der Waals surface area (Å²) in [6.45, 7) is 4.83. The molecular formula is C21H30N2O4. The van der Waals surface area contributed by atoms with Crippen LogP contribution in [0.5, 0.6) is 0 Å². The molecule has 0 aromatic heterocycles. The van der Waals surface area contributed by atoms with E-state index in [1.165, 1.54) is 31.5 Å². The molecule has 1 aromatic carbocycles. The number of benzene rings is 1. The predicted molar refractivity (Wildman–Crippen MR) is 101 cm³/mol. The molecule has 3 saturated heterocycles. The highest BCUT2D eigenvalue weighted by Crippen LogP contribution is 2.35. The first-order chi connectivity index (χ1) is 13.1. The maximum Gasteiger partial charge on any atom is 0.253 e. The summed E-state index contributed by atoms with van der Waals surface area (Å²) in [4.78, 5) is 17.1. The van der Waals surface area contributed by atoms with Gasteiger partial charge in [0.05, 0.1) is 18.3 Å². The van der Waals surface area contributed by atoms with Crippen molar-refractivity contribution in [2.45, 2.75) is 56.5 Å². The monoisotopic (exact) mass is 374 g/mol. The molecule has 0 saturated carbocycles. The van der Waals surface area contributed by atoms with Gasteiger partial charge in [0.15, 0.2) is 0 Å². The van der Waals surface area contributed by atoms with Crippen molar-refractivity contribution in [1.82, 2.24) is 9.80 Å². The fourth-order valence-corrected chi connectivity index (χ4v) is 4.64. The van der Waals surface area contributed by atoms with Gasteiger partial charge in [0, 0.05) is 25.2 Å². The van der Waals surface area contributed by atoms with Crippen LogP contribution in [0.2, 0.25) is 0 Å². The number of rotatable bonds is 3. The second-order valence-corrected chi connectivity index (χ2v) is 8.19. The molecule has 2 N–H and O–H groups in total. The van der Waals surface area contributed by atoms with Gasteiger partial charge in [-0.15, -0.1) is 0 Å². The van der Waals surface area contributed by atoms with E-state index in [0.717, 1.165) is 6.54 Å². The quantitative estimate of drug-likeness (QED) is 0.837. The number of hydrogen-bond acceptors (Lipinski definition) is 5. The molecule has 3 fully saturated rings. The molecule has 6 heteroatoms. The summed E-state index contributed by atoms with van der Waals surface area (Å²) in [6.07, 6.45) is 2.55. The molecule has 2 atom stereocenters. The summed E-state index contributed by atoms with van der Waals surface area (Å²) >= 11 is 0. The highest BCUT2D eigenvalue weighted by atomic mass is 16.5. The highest BCUT2D eigenvalue weighted by Gasteiger charge is 2.48. The molecule has 1 aromatic rings. The molecule has 148 valence electrons. The number of ether oxygens (including phenoxy) is 1. The number of likely N-dealkylation sites (tertiary alicyclic amines) is 2. The molecule has 0 radical (unpaired) electrons. The first-order valence-corrected chi connectivity index (χ1v) is 10.2. The zero-order chi connectivity index (χ0) is 18.9. The Labute approximate surface area is 160 Å². The molecular weight excluding hydrogens is 344 g/mol. The second-order valence-electron chi connectivity index (χ2n) is 8.19. The third-order valence-electron chi connectivity index (χ3n) is 6.41. The SMILES string of the molecule is O=C(c1ccc(CN2CCCC2)cc1)N1CCC2(CC1)OCC[C@H](O)[C@@H]2O. The van der Waals surface area contributed by atoms with Gasteiger partial charge in [0.25, 0.3) is 5.91 Å². The summed E-state index contributed by atoms with van der Waals surface area (Å²) in [5.41, 5.74) is 1.26. The number of piperidine rings is 1. The highest BCUT2D eigenvalue weighted by molar-refractivity contribution is 5.94. The van der Waals surface area contributed by atoms with Crippen molar-refractivity contribution in [3.05, 3.63) is 35.4 Å². The number of aliphatic hydroxyl groups is 2. The van der Waals surface area contributed by atoms with E-state index in [-0.39, 0.29) is 5.91 Å². The number of amides is 1. The lowest BCUT2D eigenvalue weighted by Gasteiger charge is -2.48. The van der Waals surface area contributed by atoms with Crippen LogP contribution in [0.1, 0.15) is 48.0 Å². The number of hydrogen-bond donors (Lipinski definition) is 2. The molecule has 27 heavy (non-hydrogen) atoms. The summed E-state index contributed by atoms with van der Waals surface area (Å²) < 4.78 is 5.85. The Kier molecular flexibility index (Phi) is 5.50. The zero-order valence-electron chi connectivity index (χ0n) is 15.8. The van der Waals surface area contributed by atoms with Gasteiger partial charge in [-0.2, -0.15) is 0 Å². The van der Waals surface area contributed by atoms with Crippen LogP contribution in [0.4, 0.5) is 0 Å². The van der Waals surface area contributed by atoms with Gasteiger partial charge >= 0.3 is 0 Å². The second kappa shape index (κ2) is 7.87. The standard InChI is InChI=1S/C21H30N2O4/c24-18-7-14-27-21(19(18)25)8-12-23(13-9-21)20(26)17-5-3-16(4-6-17)15-22-10-1-2-11-22/h3-6,18-19,24-25H,1-2,7-15H2/t18-,19-/m0/s1. The lowest BCUT2D eigenvalue weighted by molar-refractivity contribution is -0.212. The van der Waals surface area contributed by atoms with Crippen molar-refractivity contribution in [2.75, 3.05) is 32.8 Å². The van der Waals surface area contributed by atoms with Crippen molar-refractivity contribution in [2.24, 2.45) is 0 Å². The Bertz CT molecular complexity index is 649. The normalized spacial score (nSPS) is 28.6.